The third kappa shape index (κ3) is 4.63. The van der Waals surface area contributed by atoms with Crippen LogP contribution in [-0.2, 0) is 15.6 Å². The van der Waals surface area contributed by atoms with E-state index in [9.17, 15) is 8.42 Å². The first-order valence-corrected chi connectivity index (χ1v) is 10.6. The molecule has 0 atom stereocenters. The predicted octanol–water partition coefficient (Wildman–Crippen LogP) is 4.40. The summed E-state index contributed by atoms with van der Waals surface area (Å²) in [5.74, 6) is 1.26. The van der Waals surface area contributed by atoms with Gasteiger partial charge in [-0.1, -0.05) is 11.6 Å². The van der Waals surface area contributed by atoms with E-state index in [1.807, 2.05) is 6.07 Å². The van der Waals surface area contributed by atoms with Gasteiger partial charge in [-0.15, -0.1) is 0 Å². The van der Waals surface area contributed by atoms with E-state index in [-0.39, 0.29) is 16.4 Å². The third-order valence-electron chi connectivity index (χ3n) is 4.33. The van der Waals surface area contributed by atoms with Crippen LogP contribution >= 0.6 is 11.6 Å². The van der Waals surface area contributed by atoms with Gasteiger partial charge in [0.25, 0.3) is 0 Å². The highest BCUT2D eigenvalue weighted by atomic mass is 35.5. The van der Waals surface area contributed by atoms with Crippen molar-refractivity contribution in [2.24, 2.45) is 0 Å². The molecule has 0 unspecified atom stereocenters. The van der Waals surface area contributed by atoms with Crippen molar-refractivity contribution < 1.29 is 22.6 Å². The number of halogens is 1. The topological polar surface area (TPSA) is 74.7 Å². The van der Waals surface area contributed by atoms with Crippen molar-refractivity contribution in [3.05, 3.63) is 65.4 Å². The molecule has 0 spiro atoms. The van der Waals surface area contributed by atoms with Crippen LogP contribution in [0.25, 0.3) is 11.1 Å². The van der Waals surface area contributed by atoms with E-state index in [0.717, 1.165) is 11.1 Å². The van der Waals surface area contributed by atoms with Crippen molar-refractivity contribution in [3.8, 4) is 28.4 Å². The SMILES string of the molecule is COc1ccc(-c2cncc(CS(=O)(=O)c3cc(Cl)ccc3OC)c2)c(OC)c1. The molecule has 6 nitrogen and oxygen atoms in total. The van der Waals surface area contributed by atoms with Gasteiger partial charge in [0.05, 0.1) is 27.1 Å². The van der Waals surface area contributed by atoms with E-state index in [1.165, 1.54) is 25.4 Å². The average Bonchev–Trinajstić information content (AvgIpc) is 2.73. The molecule has 0 radical (unpaired) electrons. The zero-order valence-electron chi connectivity index (χ0n) is 16.2. The lowest BCUT2D eigenvalue weighted by Gasteiger charge is -2.12. The Bertz CT molecular complexity index is 1130. The molecule has 0 aliphatic heterocycles. The number of pyridine rings is 1. The number of nitrogens with zero attached hydrogens (tertiary/aromatic N) is 1. The van der Waals surface area contributed by atoms with Gasteiger partial charge in [0.15, 0.2) is 9.84 Å². The van der Waals surface area contributed by atoms with E-state index in [0.29, 0.717) is 22.1 Å². The van der Waals surface area contributed by atoms with Crippen LogP contribution in [0.4, 0.5) is 0 Å². The Balaban J connectivity index is 1.98. The van der Waals surface area contributed by atoms with Crippen molar-refractivity contribution in [1.82, 2.24) is 4.98 Å². The zero-order valence-corrected chi connectivity index (χ0v) is 17.8. The molecule has 1 aromatic heterocycles. The lowest BCUT2D eigenvalue weighted by molar-refractivity contribution is 0.395. The van der Waals surface area contributed by atoms with Crippen molar-refractivity contribution in [2.75, 3.05) is 21.3 Å². The van der Waals surface area contributed by atoms with Crippen molar-refractivity contribution in [1.29, 1.82) is 0 Å². The number of hydrogen-bond donors (Lipinski definition) is 0. The maximum Gasteiger partial charge on any atom is 0.186 e. The Labute approximate surface area is 174 Å². The third-order valence-corrected chi connectivity index (χ3v) is 6.27. The molecular weight excluding hydrogens is 414 g/mol. The quantitative estimate of drug-likeness (QED) is 0.549. The predicted molar refractivity (Wildman–Crippen MR) is 112 cm³/mol. The normalized spacial score (nSPS) is 11.2. The summed E-state index contributed by atoms with van der Waals surface area (Å²) >= 11 is 5.99. The highest BCUT2D eigenvalue weighted by molar-refractivity contribution is 7.90. The van der Waals surface area contributed by atoms with Crippen molar-refractivity contribution in [3.63, 3.8) is 0 Å². The number of benzene rings is 2. The molecule has 0 amide bonds. The summed E-state index contributed by atoms with van der Waals surface area (Å²) < 4.78 is 41.8. The summed E-state index contributed by atoms with van der Waals surface area (Å²) in [6.07, 6.45) is 3.18. The highest BCUT2D eigenvalue weighted by Crippen LogP contribution is 2.34. The van der Waals surface area contributed by atoms with Gasteiger partial charge in [-0.3, -0.25) is 4.98 Å². The Morgan fingerprint density at radius 2 is 1.66 bits per heavy atom. The second-order valence-electron chi connectivity index (χ2n) is 6.20. The van der Waals surface area contributed by atoms with E-state index in [4.69, 9.17) is 25.8 Å². The van der Waals surface area contributed by atoms with Crippen LogP contribution < -0.4 is 14.2 Å². The van der Waals surface area contributed by atoms with Crippen LogP contribution in [0, 0.1) is 0 Å². The minimum absolute atomic E-state index is 0.0416. The van der Waals surface area contributed by atoms with Crippen LogP contribution in [0.2, 0.25) is 5.02 Å². The van der Waals surface area contributed by atoms with E-state index >= 15 is 0 Å². The van der Waals surface area contributed by atoms with Crippen LogP contribution in [0.1, 0.15) is 5.56 Å². The lowest BCUT2D eigenvalue weighted by atomic mass is 10.0. The Morgan fingerprint density at radius 1 is 0.897 bits per heavy atom. The molecule has 152 valence electrons. The summed E-state index contributed by atoms with van der Waals surface area (Å²) in [5, 5.41) is 0.319. The summed E-state index contributed by atoms with van der Waals surface area (Å²) in [6, 6.07) is 11.7. The first kappa shape index (κ1) is 21.0. The molecular formula is C21H20ClNO5S. The van der Waals surface area contributed by atoms with Gasteiger partial charge in [0, 0.05) is 34.6 Å². The molecule has 0 bridgehead atoms. The average molecular weight is 434 g/mol. The molecule has 0 aliphatic carbocycles. The fraction of sp³-hybridized carbons (Fsp3) is 0.190. The minimum Gasteiger partial charge on any atom is -0.497 e. The fourth-order valence-corrected chi connectivity index (χ4v) is 4.69. The summed E-state index contributed by atoms with van der Waals surface area (Å²) in [4.78, 5) is 4.25. The summed E-state index contributed by atoms with van der Waals surface area (Å²) in [6.45, 7) is 0. The molecule has 3 aromatic rings. The monoisotopic (exact) mass is 433 g/mol. The van der Waals surface area contributed by atoms with Gasteiger partial charge in [0.1, 0.15) is 22.1 Å². The largest absolute Gasteiger partial charge is 0.497 e. The highest BCUT2D eigenvalue weighted by Gasteiger charge is 2.21. The van der Waals surface area contributed by atoms with Crippen LogP contribution in [-0.4, -0.2) is 34.7 Å². The van der Waals surface area contributed by atoms with Gasteiger partial charge >= 0.3 is 0 Å². The first-order valence-electron chi connectivity index (χ1n) is 8.60. The minimum atomic E-state index is -3.70. The molecule has 0 aliphatic rings. The number of aromatic nitrogens is 1. The van der Waals surface area contributed by atoms with E-state index in [2.05, 4.69) is 4.98 Å². The fourth-order valence-electron chi connectivity index (χ4n) is 2.94. The van der Waals surface area contributed by atoms with Gasteiger partial charge in [-0.05, 0) is 42.0 Å². The second kappa shape index (κ2) is 8.71. The second-order valence-corrected chi connectivity index (χ2v) is 8.60. The van der Waals surface area contributed by atoms with E-state index < -0.39 is 9.84 Å². The van der Waals surface area contributed by atoms with Crippen LogP contribution in [0.15, 0.2) is 59.8 Å². The Kier molecular flexibility index (Phi) is 6.30. The number of ether oxygens (including phenoxy) is 3. The molecule has 0 N–H and O–H groups in total. The van der Waals surface area contributed by atoms with Crippen LogP contribution in [0.5, 0.6) is 17.2 Å². The molecule has 0 saturated heterocycles. The molecule has 8 heteroatoms. The first-order chi connectivity index (χ1) is 13.9. The lowest BCUT2D eigenvalue weighted by Crippen LogP contribution is -2.07. The molecule has 0 saturated carbocycles. The molecule has 1 heterocycles. The Hall–Kier alpha value is -2.77. The smallest absolute Gasteiger partial charge is 0.186 e. The zero-order chi connectivity index (χ0) is 21.0. The molecule has 3 rings (SSSR count). The number of rotatable bonds is 7. The number of hydrogen-bond acceptors (Lipinski definition) is 6. The van der Waals surface area contributed by atoms with Crippen molar-refractivity contribution >= 4 is 21.4 Å². The molecule has 29 heavy (non-hydrogen) atoms. The van der Waals surface area contributed by atoms with Crippen LogP contribution in [0.3, 0.4) is 0 Å². The van der Waals surface area contributed by atoms with E-state index in [1.54, 1.807) is 44.7 Å². The van der Waals surface area contributed by atoms with Crippen molar-refractivity contribution in [2.45, 2.75) is 10.6 Å². The van der Waals surface area contributed by atoms with Gasteiger partial charge in [-0.2, -0.15) is 0 Å². The maximum absolute atomic E-state index is 13.0. The molecule has 2 aromatic carbocycles. The molecule has 0 fully saturated rings. The Morgan fingerprint density at radius 3 is 2.34 bits per heavy atom. The number of methoxy groups -OCH3 is 3. The maximum atomic E-state index is 13.0. The van der Waals surface area contributed by atoms with Gasteiger partial charge in [0.2, 0.25) is 0 Å². The summed E-state index contributed by atoms with van der Waals surface area (Å²) in [5.41, 5.74) is 2.04. The van der Waals surface area contributed by atoms with Gasteiger partial charge < -0.3 is 14.2 Å². The number of sulfone groups is 1. The summed E-state index contributed by atoms with van der Waals surface area (Å²) in [7, 11) is 0.848. The van der Waals surface area contributed by atoms with Gasteiger partial charge in [-0.25, -0.2) is 8.42 Å². The standard InChI is InChI=1S/C21H20ClNO5S/c1-26-17-5-6-18(20(10-17)28-3)15-8-14(11-23-12-15)13-29(24,25)21-9-16(22)4-7-19(21)27-2/h4-12H,13H2,1-3H3.